The van der Waals surface area contributed by atoms with Crippen LogP contribution in [0.2, 0.25) is 0 Å². The molecule has 1 N–H and O–H groups in total. The van der Waals surface area contributed by atoms with Crippen molar-refractivity contribution in [3.63, 3.8) is 0 Å². The Kier molecular flexibility index (Phi) is 5.60. The van der Waals surface area contributed by atoms with Crippen LogP contribution in [0.4, 0.5) is 0 Å². The highest BCUT2D eigenvalue weighted by Gasteiger charge is 2.26. The number of carbonyl (C=O) groups excluding carboxylic acids is 1. The Bertz CT molecular complexity index is 688. The Morgan fingerprint density at radius 1 is 1.28 bits per heavy atom. The maximum atomic E-state index is 12.1. The Morgan fingerprint density at radius 2 is 2.04 bits per heavy atom. The molecule has 0 spiro atoms. The average Bonchev–Trinajstić information content (AvgIpc) is 3.17. The van der Waals surface area contributed by atoms with Crippen molar-refractivity contribution in [1.82, 2.24) is 24.3 Å². The SMILES string of the molecule is CCCS(=O)(=O)N1CCN(CCNC(=O)c2cc3n(n2)CCO3)CC1. The standard InChI is InChI=1S/C15H25N5O4S/c1-2-11-25(22,23)19-7-5-18(6-8-19)4-3-16-15(21)13-12-14-20(17-13)9-10-24-14/h12H,2-11H2,1H3,(H,16,21). The van der Waals surface area contributed by atoms with Gasteiger partial charge < -0.3 is 10.1 Å². The zero-order valence-electron chi connectivity index (χ0n) is 14.5. The second-order valence-electron chi connectivity index (χ2n) is 6.25. The van der Waals surface area contributed by atoms with Crippen molar-refractivity contribution >= 4 is 15.9 Å². The van der Waals surface area contributed by atoms with Gasteiger partial charge in [0.2, 0.25) is 15.9 Å². The molecule has 0 aromatic carbocycles. The number of nitrogens with zero attached hydrogens (tertiary/aromatic N) is 4. The molecule has 3 heterocycles. The van der Waals surface area contributed by atoms with Crippen molar-refractivity contribution in [2.24, 2.45) is 0 Å². The van der Waals surface area contributed by atoms with Gasteiger partial charge in [0.05, 0.1) is 12.3 Å². The molecule has 0 saturated carbocycles. The summed E-state index contributed by atoms with van der Waals surface area (Å²) >= 11 is 0. The molecule has 1 amide bonds. The number of fused-ring (bicyclic) bond motifs is 1. The van der Waals surface area contributed by atoms with Crippen molar-refractivity contribution in [2.45, 2.75) is 19.9 Å². The predicted molar refractivity (Wildman–Crippen MR) is 92.1 cm³/mol. The molecule has 0 unspecified atom stereocenters. The van der Waals surface area contributed by atoms with Crippen molar-refractivity contribution in [3.8, 4) is 5.88 Å². The lowest BCUT2D eigenvalue weighted by Crippen LogP contribution is -2.50. The molecule has 2 aliphatic rings. The molecule has 9 nitrogen and oxygen atoms in total. The van der Waals surface area contributed by atoms with E-state index in [-0.39, 0.29) is 11.7 Å². The predicted octanol–water partition coefficient (Wildman–Crippen LogP) is -0.637. The number of ether oxygens (including phenoxy) is 1. The van der Waals surface area contributed by atoms with Crippen molar-refractivity contribution in [3.05, 3.63) is 11.8 Å². The molecule has 0 aliphatic carbocycles. The highest BCUT2D eigenvalue weighted by Crippen LogP contribution is 2.18. The molecule has 25 heavy (non-hydrogen) atoms. The molecule has 140 valence electrons. The summed E-state index contributed by atoms with van der Waals surface area (Å²) in [6, 6.07) is 1.65. The fourth-order valence-corrected chi connectivity index (χ4v) is 4.55. The molecule has 1 saturated heterocycles. The zero-order valence-corrected chi connectivity index (χ0v) is 15.3. The summed E-state index contributed by atoms with van der Waals surface area (Å²) in [6.07, 6.45) is 0.636. The maximum Gasteiger partial charge on any atom is 0.271 e. The Balaban J connectivity index is 1.39. The van der Waals surface area contributed by atoms with Gasteiger partial charge in [0.15, 0.2) is 5.69 Å². The number of hydrogen-bond acceptors (Lipinski definition) is 6. The second kappa shape index (κ2) is 7.71. The van der Waals surface area contributed by atoms with Crippen LogP contribution in [0.25, 0.3) is 0 Å². The van der Waals surface area contributed by atoms with Crippen LogP contribution in [0.3, 0.4) is 0 Å². The zero-order chi connectivity index (χ0) is 17.9. The van der Waals surface area contributed by atoms with E-state index in [1.807, 2.05) is 6.92 Å². The number of sulfonamides is 1. The van der Waals surface area contributed by atoms with Crippen LogP contribution in [0, 0.1) is 0 Å². The van der Waals surface area contributed by atoms with E-state index in [1.54, 1.807) is 15.1 Å². The third kappa shape index (κ3) is 4.31. The van der Waals surface area contributed by atoms with Crippen LogP contribution < -0.4 is 10.1 Å². The maximum absolute atomic E-state index is 12.1. The van der Waals surface area contributed by atoms with E-state index in [9.17, 15) is 13.2 Å². The quantitative estimate of drug-likeness (QED) is 0.685. The summed E-state index contributed by atoms with van der Waals surface area (Å²) in [5.74, 6) is 0.630. The third-order valence-electron chi connectivity index (χ3n) is 4.43. The van der Waals surface area contributed by atoms with Gasteiger partial charge in [-0.2, -0.15) is 9.40 Å². The number of hydrogen-bond donors (Lipinski definition) is 1. The number of rotatable bonds is 7. The number of piperazine rings is 1. The number of nitrogens with one attached hydrogen (secondary N) is 1. The van der Waals surface area contributed by atoms with E-state index in [0.717, 1.165) is 0 Å². The summed E-state index contributed by atoms with van der Waals surface area (Å²) in [5, 5.41) is 7.06. The van der Waals surface area contributed by atoms with Crippen molar-refractivity contribution in [2.75, 3.05) is 51.6 Å². The first-order valence-electron chi connectivity index (χ1n) is 8.68. The van der Waals surface area contributed by atoms with Crippen molar-refractivity contribution in [1.29, 1.82) is 0 Å². The molecule has 2 aliphatic heterocycles. The molecule has 0 radical (unpaired) electrons. The minimum absolute atomic E-state index is 0.210. The highest BCUT2D eigenvalue weighted by molar-refractivity contribution is 7.89. The molecule has 0 atom stereocenters. The summed E-state index contributed by atoms with van der Waals surface area (Å²) < 4.78 is 32.7. The third-order valence-corrected chi connectivity index (χ3v) is 6.51. The molecule has 10 heteroatoms. The summed E-state index contributed by atoms with van der Waals surface area (Å²) in [4.78, 5) is 14.3. The average molecular weight is 371 g/mol. The fourth-order valence-electron chi connectivity index (χ4n) is 3.06. The van der Waals surface area contributed by atoms with Crippen LogP contribution in [-0.4, -0.2) is 84.9 Å². The summed E-state index contributed by atoms with van der Waals surface area (Å²) in [7, 11) is -3.11. The van der Waals surface area contributed by atoms with Crippen molar-refractivity contribution < 1.29 is 17.9 Å². The topological polar surface area (TPSA) is 96.8 Å². The first-order chi connectivity index (χ1) is 12.0. The Hall–Kier alpha value is -1.65. The lowest BCUT2D eigenvalue weighted by molar-refractivity contribution is 0.0939. The van der Waals surface area contributed by atoms with Crippen LogP contribution in [0.5, 0.6) is 5.88 Å². The lowest BCUT2D eigenvalue weighted by Gasteiger charge is -2.33. The number of carbonyl (C=O) groups is 1. The van der Waals surface area contributed by atoms with Gasteiger partial charge in [0, 0.05) is 45.3 Å². The second-order valence-corrected chi connectivity index (χ2v) is 8.34. The van der Waals surface area contributed by atoms with Crippen LogP contribution in [0.15, 0.2) is 6.07 Å². The van der Waals surface area contributed by atoms with Gasteiger partial charge >= 0.3 is 0 Å². The van der Waals surface area contributed by atoms with Crippen LogP contribution >= 0.6 is 0 Å². The first kappa shape index (κ1) is 18.2. The van der Waals surface area contributed by atoms with Gasteiger partial charge in [0.25, 0.3) is 5.91 Å². The molecule has 1 fully saturated rings. The molecule has 3 rings (SSSR count). The molecule has 0 bridgehead atoms. The van der Waals surface area contributed by atoms with Gasteiger partial charge in [-0.25, -0.2) is 13.1 Å². The van der Waals surface area contributed by atoms with Gasteiger partial charge in [-0.1, -0.05) is 6.92 Å². The Morgan fingerprint density at radius 3 is 2.72 bits per heavy atom. The minimum atomic E-state index is -3.11. The highest BCUT2D eigenvalue weighted by atomic mass is 32.2. The Labute approximate surface area is 148 Å². The van der Waals surface area contributed by atoms with Gasteiger partial charge in [0.1, 0.15) is 6.61 Å². The number of amides is 1. The van der Waals surface area contributed by atoms with E-state index in [1.165, 1.54) is 0 Å². The smallest absolute Gasteiger partial charge is 0.271 e. The molecule has 1 aromatic heterocycles. The van der Waals surface area contributed by atoms with E-state index in [2.05, 4.69) is 15.3 Å². The molecular weight excluding hydrogens is 346 g/mol. The van der Waals surface area contributed by atoms with Crippen LogP contribution in [-0.2, 0) is 16.6 Å². The van der Waals surface area contributed by atoms with Gasteiger partial charge in [-0.3, -0.25) is 9.69 Å². The summed E-state index contributed by atoms with van der Waals surface area (Å²) in [6.45, 7) is 6.75. The normalized spacial score (nSPS) is 18.8. The molecule has 1 aromatic rings. The number of aromatic nitrogens is 2. The molecular formula is C15H25N5O4S. The lowest BCUT2D eigenvalue weighted by atomic mass is 10.3. The van der Waals surface area contributed by atoms with E-state index >= 15 is 0 Å². The first-order valence-corrected chi connectivity index (χ1v) is 10.3. The van der Waals surface area contributed by atoms with Gasteiger partial charge in [-0.05, 0) is 6.42 Å². The summed E-state index contributed by atoms with van der Waals surface area (Å²) in [5.41, 5.74) is 0.366. The van der Waals surface area contributed by atoms with Gasteiger partial charge in [-0.15, -0.1) is 0 Å². The van der Waals surface area contributed by atoms with Crippen LogP contribution in [0.1, 0.15) is 23.8 Å². The minimum Gasteiger partial charge on any atom is -0.476 e. The van der Waals surface area contributed by atoms with E-state index < -0.39 is 10.0 Å². The van der Waals surface area contributed by atoms with E-state index in [4.69, 9.17) is 4.74 Å². The largest absolute Gasteiger partial charge is 0.476 e. The van der Waals surface area contributed by atoms with E-state index in [0.29, 0.717) is 70.4 Å². The monoisotopic (exact) mass is 371 g/mol. The fraction of sp³-hybridized carbons (Fsp3) is 0.733.